The molecule has 0 bridgehead atoms. The standard InChI is InChI=1S/C35H32F3N3O3.C28H26F3N3O3/c1-23-17-26(9-14-30(23)33(42)18-24-7-8-24)41-22-40-34-31(39-16-15-35(36,37)38)19-29(20-32(34)41)44-28-12-10-27(11-13-28)43-21-25-5-3-2-4-6-25;1-17-12-19(4-9-23(17)26(36)13-18-2-3-18)34-16-33-27-24(32-11-10-28(29,30)31)14-22(15-25(27)34)37-21-7-5-20(35)6-8-21/h2-6,9-14,17,19-20,22,24,39H,7-8,15-16,18,21H2,1H3;4-9,12,14-16,18,32,35H,2-3,10-11,13H2,1H3. The highest BCUT2D eigenvalue weighted by atomic mass is 19.4. The molecule has 0 aliphatic heterocycles. The number of benzene rings is 7. The maximum absolute atomic E-state index is 12.9. The van der Waals surface area contributed by atoms with E-state index in [4.69, 9.17) is 14.2 Å². The van der Waals surface area contributed by atoms with Gasteiger partial charge in [0.1, 0.15) is 64.8 Å². The lowest BCUT2D eigenvalue weighted by Crippen LogP contribution is -2.14. The van der Waals surface area contributed by atoms with Crippen LogP contribution in [0.2, 0.25) is 0 Å². The first-order valence-corrected chi connectivity index (χ1v) is 26.7. The van der Waals surface area contributed by atoms with E-state index >= 15 is 0 Å². The van der Waals surface area contributed by atoms with Gasteiger partial charge >= 0.3 is 12.4 Å². The quantitative estimate of drug-likeness (QED) is 0.0470. The number of phenols is 1. The summed E-state index contributed by atoms with van der Waals surface area (Å²) in [6.07, 6.45) is -1.75. The van der Waals surface area contributed by atoms with Gasteiger partial charge in [-0.05, 0) is 153 Å². The average molecular weight is 1110 g/mol. The van der Waals surface area contributed by atoms with Crippen LogP contribution in [0.5, 0.6) is 34.5 Å². The van der Waals surface area contributed by atoms with Crippen LogP contribution in [0.15, 0.2) is 152 Å². The van der Waals surface area contributed by atoms with Crippen LogP contribution in [0.1, 0.15) is 88.8 Å². The molecule has 7 aromatic carbocycles. The first-order chi connectivity index (χ1) is 38.9. The van der Waals surface area contributed by atoms with E-state index in [2.05, 4.69) is 20.6 Å². The second-order valence-electron chi connectivity index (χ2n) is 20.6. The van der Waals surface area contributed by atoms with Gasteiger partial charge in [0.2, 0.25) is 0 Å². The molecule has 81 heavy (non-hydrogen) atoms. The zero-order chi connectivity index (χ0) is 56.8. The molecule has 2 aromatic heterocycles. The van der Waals surface area contributed by atoms with Crippen molar-refractivity contribution in [1.29, 1.82) is 0 Å². The van der Waals surface area contributed by atoms with Gasteiger partial charge in [-0.15, -0.1) is 0 Å². The first kappa shape index (κ1) is 55.5. The molecular weight excluding hydrogens is 1050 g/mol. The van der Waals surface area contributed by atoms with Gasteiger partial charge in [0.25, 0.3) is 0 Å². The molecule has 0 spiro atoms. The minimum atomic E-state index is -4.29. The maximum atomic E-state index is 12.9. The number of Topliss-reactive ketones (excluding diaryl/α,β-unsaturated/α-hetero) is 2. The number of ketones is 2. The molecule has 2 saturated carbocycles. The number of alkyl halides is 6. The number of nitrogens with one attached hydrogen (secondary N) is 2. The lowest BCUT2D eigenvalue weighted by atomic mass is 10.0. The molecule has 11 rings (SSSR count). The summed E-state index contributed by atoms with van der Waals surface area (Å²) in [5.41, 5.74) is 8.84. The topological polar surface area (TPSA) is 142 Å². The van der Waals surface area contributed by atoms with Gasteiger partial charge in [-0.1, -0.05) is 30.3 Å². The molecule has 0 radical (unpaired) electrons. The Bertz CT molecular complexity index is 3680. The number of aromatic nitrogens is 4. The lowest BCUT2D eigenvalue weighted by molar-refractivity contribution is -0.132. The number of rotatable bonds is 21. The van der Waals surface area contributed by atoms with Gasteiger partial charge in [-0.3, -0.25) is 18.7 Å². The molecule has 2 heterocycles. The van der Waals surface area contributed by atoms with Crippen LogP contribution in [0, 0.1) is 25.7 Å². The average Bonchev–Trinajstić information content (AvgIpc) is 4.44. The van der Waals surface area contributed by atoms with E-state index in [1.165, 1.54) is 12.1 Å². The summed E-state index contributed by atoms with van der Waals surface area (Å²) in [6.45, 7) is 3.62. The predicted octanol–water partition coefficient (Wildman–Crippen LogP) is 16.2. The third-order valence-corrected chi connectivity index (χ3v) is 14.0. The molecule has 2 fully saturated rings. The molecule has 0 atom stereocenters. The van der Waals surface area contributed by atoms with Crippen molar-refractivity contribution in [1.82, 2.24) is 19.1 Å². The summed E-state index contributed by atoms with van der Waals surface area (Å²) >= 11 is 0. The summed E-state index contributed by atoms with van der Waals surface area (Å²) in [6, 6.07) is 41.2. The minimum Gasteiger partial charge on any atom is -0.508 e. The fourth-order valence-electron chi connectivity index (χ4n) is 9.40. The van der Waals surface area contributed by atoms with E-state index in [0.717, 1.165) is 53.7 Å². The Kier molecular flexibility index (Phi) is 16.4. The van der Waals surface area contributed by atoms with Gasteiger partial charge < -0.3 is 30.0 Å². The SMILES string of the molecule is Cc1cc(-n2cnc3c(NCCC(F)(F)F)cc(Oc4ccc(O)cc4)cc32)ccc1C(=O)CC1CC1.Cc1cc(-n2cnc3c(NCCC(F)(F)F)cc(Oc4ccc(OCc5ccccc5)cc4)cc32)ccc1C(=O)CC1CC1. The number of hydrogen-bond donors (Lipinski definition) is 3. The molecule has 18 heteroatoms. The van der Waals surface area contributed by atoms with E-state index in [1.54, 1.807) is 73.3 Å². The zero-order valence-electron chi connectivity index (χ0n) is 44.4. The number of imidazole rings is 2. The number of anilines is 2. The first-order valence-electron chi connectivity index (χ1n) is 26.7. The molecule has 2 aliphatic rings. The number of fused-ring (bicyclic) bond motifs is 2. The Morgan fingerprint density at radius 1 is 0.556 bits per heavy atom. The van der Waals surface area contributed by atoms with Crippen molar-refractivity contribution >= 4 is 45.0 Å². The third-order valence-electron chi connectivity index (χ3n) is 14.0. The molecule has 0 saturated heterocycles. The maximum Gasteiger partial charge on any atom is 0.390 e. The number of carbonyl (C=O) groups is 2. The second kappa shape index (κ2) is 23.9. The largest absolute Gasteiger partial charge is 0.508 e. The number of ether oxygens (including phenoxy) is 3. The minimum absolute atomic E-state index is 0.0878. The Balaban J connectivity index is 0.000000185. The predicted molar refractivity (Wildman–Crippen MR) is 299 cm³/mol. The summed E-state index contributed by atoms with van der Waals surface area (Å²) in [4.78, 5) is 34.4. The molecule has 2 aliphatic carbocycles. The van der Waals surface area contributed by atoms with Gasteiger partial charge in [0, 0.05) is 72.7 Å². The van der Waals surface area contributed by atoms with Crippen molar-refractivity contribution in [3.63, 3.8) is 0 Å². The molecule has 12 nitrogen and oxygen atoms in total. The summed E-state index contributed by atoms with van der Waals surface area (Å²) < 4.78 is 98.7. The summed E-state index contributed by atoms with van der Waals surface area (Å²) in [5.74, 6) is 3.87. The summed E-state index contributed by atoms with van der Waals surface area (Å²) in [7, 11) is 0. The third kappa shape index (κ3) is 14.7. The van der Waals surface area contributed by atoms with E-state index in [-0.39, 0.29) is 30.4 Å². The summed E-state index contributed by atoms with van der Waals surface area (Å²) in [5, 5.41) is 15.3. The van der Waals surface area contributed by atoms with Crippen LogP contribution in [0.4, 0.5) is 37.7 Å². The molecule has 0 amide bonds. The highest BCUT2D eigenvalue weighted by Gasteiger charge is 2.29. The Hall–Kier alpha value is -8.80. The van der Waals surface area contributed by atoms with Gasteiger partial charge in [-0.2, -0.15) is 26.3 Å². The van der Waals surface area contributed by atoms with Crippen molar-refractivity contribution in [3.8, 4) is 45.9 Å². The molecule has 9 aromatic rings. The highest BCUT2D eigenvalue weighted by molar-refractivity contribution is 5.99. The van der Waals surface area contributed by atoms with E-state index in [9.17, 15) is 41.0 Å². The van der Waals surface area contributed by atoms with Crippen LogP contribution in [0.3, 0.4) is 0 Å². The Labute approximate surface area is 463 Å². The Morgan fingerprint density at radius 3 is 1.41 bits per heavy atom. The van der Waals surface area contributed by atoms with Gasteiger partial charge in [0.15, 0.2) is 11.6 Å². The highest BCUT2D eigenvalue weighted by Crippen LogP contribution is 2.39. The van der Waals surface area contributed by atoms with Gasteiger partial charge in [0.05, 0.1) is 35.2 Å². The molecule has 418 valence electrons. The van der Waals surface area contributed by atoms with Crippen LogP contribution >= 0.6 is 0 Å². The number of carbonyl (C=O) groups excluding carboxylic acids is 2. The number of phenolic OH excluding ortho intramolecular Hbond substituents is 1. The van der Waals surface area contributed by atoms with Crippen LogP contribution in [-0.2, 0) is 6.61 Å². The van der Waals surface area contributed by atoms with Crippen molar-refractivity contribution in [2.24, 2.45) is 11.8 Å². The second-order valence-corrected chi connectivity index (χ2v) is 20.6. The number of nitrogens with zero attached hydrogens (tertiary/aromatic N) is 4. The smallest absolute Gasteiger partial charge is 0.390 e. The lowest BCUT2D eigenvalue weighted by Gasteiger charge is -2.14. The number of hydrogen-bond acceptors (Lipinski definition) is 10. The van der Waals surface area contributed by atoms with Crippen molar-refractivity contribution in [2.75, 3.05) is 23.7 Å². The number of aromatic hydroxyl groups is 1. The van der Waals surface area contributed by atoms with Crippen LogP contribution < -0.4 is 24.8 Å². The van der Waals surface area contributed by atoms with Gasteiger partial charge in [-0.25, -0.2) is 9.97 Å². The number of aryl methyl sites for hydroxylation is 2. The number of halogens is 6. The fraction of sp³-hybridized carbons (Fsp3) is 0.270. The van der Waals surface area contributed by atoms with E-state index in [1.807, 2.05) is 89.7 Å². The monoisotopic (exact) mass is 1110 g/mol. The zero-order valence-corrected chi connectivity index (χ0v) is 44.4. The fourth-order valence-corrected chi connectivity index (χ4v) is 9.40. The van der Waals surface area contributed by atoms with E-state index < -0.39 is 25.2 Å². The molecular formula is C63H58F6N6O6. The molecule has 0 unspecified atom stereocenters. The molecule has 3 N–H and O–H groups in total. The van der Waals surface area contributed by atoms with Crippen LogP contribution in [0.25, 0.3) is 33.4 Å². The van der Waals surface area contributed by atoms with Crippen molar-refractivity contribution < 1.29 is 55.2 Å². The van der Waals surface area contributed by atoms with Crippen molar-refractivity contribution in [3.05, 3.63) is 180 Å². The van der Waals surface area contributed by atoms with Crippen LogP contribution in [-0.4, -0.2) is 61.2 Å². The Morgan fingerprint density at radius 2 is 0.988 bits per heavy atom. The normalized spacial score (nSPS) is 13.4. The van der Waals surface area contributed by atoms with Crippen molar-refractivity contribution in [2.45, 2.75) is 84.2 Å². The van der Waals surface area contributed by atoms with E-state index in [0.29, 0.717) is 105 Å².